The summed E-state index contributed by atoms with van der Waals surface area (Å²) in [6.45, 7) is 3.53. The van der Waals surface area contributed by atoms with Gasteiger partial charge in [0.25, 0.3) is 5.89 Å². The summed E-state index contributed by atoms with van der Waals surface area (Å²) >= 11 is 0. The van der Waals surface area contributed by atoms with Crippen molar-refractivity contribution in [2.24, 2.45) is 0 Å². The molecule has 20 heavy (non-hydrogen) atoms. The van der Waals surface area contributed by atoms with Crippen LogP contribution in [0.3, 0.4) is 0 Å². The fourth-order valence-corrected chi connectivity index (χ4v) is 1.70. The number of nitrogens with zero attached hydrogens (tertiary/aromatic N) is 2. The molecule has 1 aromatic heterocycles. The zero-order valence-corrected chi connectivity index (χ0v) is 10.9. The lowest BCUT2D eigenvalue weighted by Crippen LogP contribution is -2.17. The van der Waals surface area contributed by atoms with E-state index in [0.29, 0.717) is 25.1 Å². The second-order valence-electron chi connectivity index (χ2n) is 4.25. The highest BCUT2D eigenvalue weighted by molar-refractivity contribution is 5.54. The lowest BCUT2D eigenvalue weighted by Gasteiger charge is -2.00. The fourth-order valence-electron chi connectivity index (χ4n) is 1.70. The van der Waals surface area contributed by atoms with Gasteiger partial charge in [-0.2, -0.15) is 0 Å². The van der Waals surface area contributed by atoms with Gasteiger partial charge < -0.3 is 9.73 Å². The maximum atomic E-state index is 13.5. The molecule has 0 fully saturated rings. The molecule has 0 radical (unpaired) electrons. The molecule has 2 rings (SSSR count). The first-order chi connectivity index (χ1) is 9.61. The molecule has 4 nitrogen and oxygen atoms in total. The molecule has 1 aromatic carbocycles. The molecule has 0 unspecified atom stereocenters. The molecule has 0 aliphatic carbocycles. The van der Waals surface area contributed by atoms with Crippen molar-refractivity contribution in [2.75, 3.05) is 13.1 Å². The van der Waals surface area contributed by atoms with Crippen molar-refractivity contribution in [3.63, 3.8) is 0 Å². The van der Waals surface area contributed by atoms with Crippen LogP contribution >= 0.6 is 0 Å². The van der Waals surface area contributed by atoms with Crippen molar-refractivity contribution in [2.45, 2.75) is 19.8 Å². The third-order valence-electron chi connectivity index (χ3n) is 2.63. The summed E-state index contributed by atoms with van der Waals surface area (Å²) in [6, 6.07) is 1.15. The molecule has 1 N–H and O–H groups in total. The molecule has 0 atom stereocenters. The van der Waals surface area contributed by atoms with E-state index >= 15 is 0 Å². The van der Waals surface area contributed by atoms with Crippen LogP contribution in [0.15, 0.2) is 16.5 Å². The molecular weight excluding hydrogens is 271 g/mol. The summed E-state index contributed by atoms with van der Waals surface area (Å²) < 4.78 is 45.1. The van der Waals surface area contributed by atoms with Crippen molar-refractivity contribution < 1.29 is 17.6 Å². The van der Waals surface area contributed by atoms with Gasteiger partial charge in [-0.15, -0.1) is 10.2 Å². The van der Waals surface area contributed by atoms with Gasteiger partial charge in [0.2, 0.25) is 5.89 Å². The second kappa shape index (κ2) is 6.51. The van der Waals surface area contributed by atoms with Crippen LogP contribution in [0.1, 0.15) is 19.2 Å². The van der Waals surface area contributed by atoms with Crippen LogP contribution < -0.4 is 5.32 Å². The minimum atomic E-state index is -1.07. The maximum absolute atomic E-state index is 13.5. The van der Waals surface area contributed by atoms with Crippen LogP contribution in [0, 0.1) is 17.5 Å². The summed E-state index contributed by atoms with van der Waals surface area (Å²) in [5.41, 5.74) is -0.508. The van der Waals surface area contributed by atoms with Gasteiger partial charge in [-0.05, 0) is 13.0 Å². The van der Waals surface area contributed by atoms with E-state index in [0.717, 1.165) is 13.0 Å². The Labute approximate surface area is 114 Å². The van der Waals surface area contributed by atoms with Crippen LogP contribution in [-0.4, -0.2) is 23.3 Å². The van der Waals surface area contributed by atoms with Gasteiger partial charge in [0.1, 0.15) is 23.0 Å². The van der Waals surface area contributed by atoms with Gasteiger partial charge in [0, 0.05) is 25.1 Å². The average Bonchev–Trinajstić information content (AvgIpc) is 2.82. The lowest BCUT2D eigenvalue weighted by atomic mass is 10.2. The first kappa shape index (κ1) is 14.5. The van der Waals surface area contributed by atoms with Gasteiger partial charge in [-0.25, -0.2) is 13.2 Å². The summed E-state index contributed by atoms with van der Waals surface area (Å²) in [7, 11) is 0. The van der Waals surface area contributed by atoms with Crippen molar-refractivity contribution in [1.29, 1.82) is 0 Å². The van der Waals surface area contributed by atoms with E-state index in [9.17, 15) is 13.2 Å². The Morgan fingerprint density at radius 2 is 1.80 bits per heavy atom. The van der Waals surface area contributed by atoms with Crippen LogP contribution in [0.4, 0.5) is 13.2 Å². The van der Waals surface area contributed by atoms with E-state index in [1.54, 1.807) is 0 Å². The second-order valence-corrected chi connectivity index (χ2v) is 4.25. The smallest absolute Gasteiger partial charge is 0.253 e. The molecule has 108 valence electrons. The van der Waals surface area contributed by atoms with Gasteiger partial charge in [-0.3, -0.25) is 0 Å². The molecule has 0 aliphatic heterocycles. The lowest BCUT2D eigenvalue weighted by molar-refractivity contribution is 0.483. The molecule has 0 saturated carbocycles. The molecule has 0 saturated heterocycles. The Morgan fingerprint density at radius 3 is 2.45 bits per heavy atom. The van der Waals surface area contributed by atoms with E-state index in [1.807, 2.05) is 6.92 Å². The highest BCUT2D eigenvalue weighted by Gasteiger charge is 2.19. The monoisotopic (exact) mass is 285 g/mol. The molecular formula is C13H14F3N3O. The maximum Gasteiger partial charge on any atom is 0.253 e. The van der Waals surface area contributed by atoms with E-state index < -0.39 is 23.0 Å². The third kappa shape index (κ3) is 3.36. The predicted molar refractivity (Wildman–Crippen MR) is 66.5 cm³/mol. The standard InChI is InChI=1S/C13H14F3N3O/c1-2-4-17-5-3-11-18-19-13(20-11)12-9(15)6-8(14)7-10(12)16/h6-7,17H,2-5H2,1H3. The van der Waals surface area contributed by atoms with E-state index in [4.69, 9.17) is 4.42 Å². The SMILES string of the molecule is CCCNCCc1nnc(-c2c(F)cc(F)cc2F)o1. The first-order valence-corrected chi connectivity index (χ1v) is 6.29. The van der Waals surface area contributed by atoms with Crippen LogP contribution in [0.2, 0.25) is 0 Å². The minimum absolute atomic E-state index is 0.270. The van der Waals surface area contributed by atoms with Crippen molar-refractivity contribution in [3.8, 4) is 11.5 Å². The quantitative estimate of drug-likeness (QED) is 0.829. The Kier molecular flexibility index (Phi) is 4.73. The summed E-state index contributed by atoms with van der Waals surface area (Å²) in [4.78, 5) is 0. The summed E-state index contributed by atoms with van der Waals surface area (Å²) in [6.07, 6.45) is 1.46. The molecule has 0 bridgehead atoms. The molecule has 2 aromatic rings. The zero-order chi connectivity index (χ0) is 14.5. The Bertz CT molecular complexity index is 563. The number of aromatic nitrogens is 2. The van der Waals surface area contributed by atoms with Gasteiger partial charge in [0.05, 0.1) is 0 Å². The van der Waals surface area contributed by atoms with Crippen LogP contribution in [0.5, 0.6) is 0 Å². The van der Waals surface area contributed by atoms with Crippen LogP contribution in [-0.2, 0) is 6.42 Å². The molecule has 0 amide bonds. The topological polar surface area (TPSA) is 51.0 Å². The number of hydrogen-bond donors (Lipinski definition) is 1. The molecule has 1 heterocycles. The largest absolute Gasteiger partial charge is 0.420 e. The minimum Gasteiger partial charge on any atom is -0.420 e. The van der Waals surface area contributed by atoms with E-state index in [1.165, 1.54) is 0 Å². The first-order valence-electron chi connectivity index (χ1n) is 6.29. The number of rotatable bonds is 6. The molecule has 7 heteroatoms. The van der Waals surface area contributed by atoms with Crippen molar-refractivity contribution in [1.82, 2.24) is 15.5 Å². The molecule has 0 aliphatic rings. The highest BCUT2D eigenvalue weighted by atomic mass is 19.1. The van der Waals surface area contributed by atoms with Gasteiger partial charge >= 0.3 is 0 Å². The van der Waals surface area contributed by atoms with Crippen molar-refractivity contribution >= 4 is 0 Å². The summed E-state index contributed by atoms with van der Waals surface area (Å²) in [5.74, 6) is -3.15. The van der Waals surface area contributed by atoms with Gasteiger partial charge in [0.15, 0.2) is 0 Å². The fraction of sp³-hybridized carbons (Fsp3) is 0.385. The molecule has 0 spiro atoms. The average molecular weight is 285 g/mol. The van der Waals surface area contributed by atoms with E-state index in [2.05, 4.69) is 15.5 Å². The Hall–Kier alpha value is -1.89. The number of hydrogen-bond acceptors (Lipinski definition) is 4. The normalized spacial score (nSPS) is 11.0. The highest BCUT2D eigenvalue weighted by Crippen LogP contribution is 2.25. The Balaban J connectivity index is 2.13. The zero-order valence-electron chi connectivity index (χ0n) is 10.9. The van der Waals surface area contributed by atoms with Crippen molar-refractivity contribution in [3.05, 3.63) is 35.5 Å². The number of nitrogens with one attached hydrogen (secondary N) is 1. The van der Waals surface area contributed by atoms with E-state index in [-0.39, 0.29) is 11.8 Å². The summed E-state index contributed by atoms with van der Waals surface area (Å²) in [5, 5.41) is 10.4. The predicted octanol–water partition coefficient (Wildman–Crippen LogP) is 2.70. The third-order valence-corrected chi connectivity index (χ3v) is 2.63. The van der Waals surface area contributed by atoms with Crippen LogP contribution in [0.25, 0.3) is 11.5 Å². The number of halogens is 3. The number of benzene rings is 1. The Morgan fingerprint density at radius 1 is 1.10 bits per heavy atom. The van der Waals surface area contributed by atoms with Gasteiger partial charge in [-0.1, -0.05) is 6.92 Å².